The summed E-state index contributed by atoms with van der Waals surface area (Å²) in [6.07, 6.45) is 2.99. The van der Waals surface area contributed by atoms with Gasteiger partial charge in [-0.3, -0.25) is 0 Å². The maximum atomic E-state index is 10.3. The van der Waals surface area contributed by atoms with Gasteiger partial charge in [0.1, 0.15) is 6.10 Å². The summed E-state index contributed by atoms with van der Waals surface area (Å²) in [6, 6.07) is 10.3. The van der Waals surface area contributed by atoms with Crippen LogP contribution in [0.1, 0.15) is 11.3 Å². The van der Waals surface area contributed by atoms with Crippen molar-refractivity contribution in [2.75, 3.05) is 26.9 Å². The van der Waals surface area contributed by atoms with Crippen molar-refractivity contribution in [3.8, 4) is 0 Å². The third kappa shape index (κ3) is 4.21. The normalized spacial score (nSPS) is 24.2. The second-order valence-electron chi connectivity index (χ2n) is 6.19. The van der Waals surface area contributed by atoms with Gasteiger partial charge in [0.2, 0.25) is 0 Å². The van der Waals surface area contributed by atoms with Crippen LogP contribution in [-0.4, -0.2) is 53.7 Å². The van der Waals surface area contributed by atoms with Gasteiger partial charge in [-0.05, 0) is 5.56 Å². The zero-order valence-corrected chi connectivity index (χ0v) is 14.0. The van der Waals surface area contributed by atoms with E-state index in [1.165, 1.54) is 5.56 Å². The third-order valence-corrected chi connectivity index (χ3v) is 4.49. The molecule has 130 valence electrons. The van der Waals surface area contributed by atoms with Crippen LogP contribution < -0.4 is 5.32 Å². The van der Waals surface area contributed by atoms with Crippen LogP contribution in [0.3, 0.4) is 0 Å². The van der Waals surface area contributed by atoms with Gasteiger partial charge in [-0.15, -0.1) is 0 Å². The summed E-state index contributed by atoms with van der Waals surface area (Å²) in [6.45, 7) is 3.19. The Morgan fingerprint density at radius 1 is 1.33 bits per heavy atom. The van der Waals surface area contributed by atoms with E-state index in [4.69, 9.17) is 9.47 Å². The minimum Gasteiger partial charge on any atom is -0.390 e. The van der Waals surface area contributed by atoms with Gasteiger partial charge in [0.05, 0.1) is 31.3 Å². The van der Waals surface area contributed by atoms with Crippen LogP contribution in [0.15, 0.2) is 42.9 Å². The Balaban J connectivity index is 1.51. The lowest BCUT2D eigenvalue weighted by atomic mass is 9.96. The first-order chi connectivity index (χ1) is 11.8. The maximum absolute atomic E-state index is 10.3. The van der Waals surface area contributed by atoms with Gasteiger partial charge < -0.3 is 24.5 Å². The highest BCUT2D eigenvalue weighted by atomic mass is 16.5. The molecule has 6 heteroatoms. The molecular weight excluding hydrogens is 306 g/mol. The number of nitrogens with zero attached hydrogens (tertiary/aromatic N) is 2. The Morgan fingerprint density at radius 2 is 2.17 bits per heavy atom. The van der Waals surface area contributed by atoms with E-state index in [0.717, 1.165) is 12.2 Å². The SMILES string of the molecule is CO[C@@H]1COC[C@@H](CNCc2cncn2Cc2ccccc2)[C@@H]1O. The fraction of sp³-hybridized carbons (Fsp3) is 0.500. The smallest absolute Gasteiger partial charge is 0.107 e. The number of hydrogen-bond donors (Lipinski definition) is 2. The quantitative estimate of drug-likeness (QED) is 0.793. The van der Waals surface area contributed by atoms with Gasteiger partial charge >= 0.3 is 0 Å². The second kappa shape index (κ2) is 8.39. The van der Waals surface area contributed by atoms with Gasteiger partial charge in [0.25, 0.3) is 0 Å². The van der Waals surface area contributed by atoms with E-state index in [1.807, 2.05) is 30.7 Å². The van der Waals surface area contributed by atoms with Crippen molar-refractivity contribution in [2.45, 2.75) is 25.3 Å². The lowest BCUT2D eigenvalue weighted by Crippen LogP contribution is -2.48. The highest BCUT2D eigenvalue weighted by Gasteiger charge is 2.32. The third-order valence-electron chi connectivity index (χ3n) is 4.49. The predicted octanol–water partition coefficient (Wildman–Crippen LogP) is 1.04. The van der Waals surface area contributed by atoms with Crippen LogP contribution in [0.2, 0.25) is 0 Å². The minimum absolute atomic E-state index is 0.0363. The second-order valence-corrected chi connectivity index (χ2v) is 6.19. The number of ether oxygens (including phenoxy) is 2. The van der Waals surface area contributed by atoms with E-state index < -0.39 is 6.10 Å². The first-order valence-corrected chi connectivity index (χ1v) is 8.30. The highest BCUT2D eigenvalue weighted by molar-refractivity contribution is 5.16. The molecule has 24 heavy (non-hydrogen) atoms. The lowest BCUT2D eigenvalue weighted by molar-refractivity contribution is -0.133. The molecular formula is C18H25N3O3. The number of nitrogens with one attached hydrogen (secondary N) is 1. The van der Waals surface area contributed by atoms with Crippen molar-refractivity contribution in [3.63, 3.8) is 0 Å². The molecule has 0 spiro atoms. The zero-order chi connectivity index (χ0) is 16.8. The first kappa shape index (κ1) is 17.1. The molecule has 2 N–H and O–H groups in total. The molecule has 0 bridgehead atoms. The number of aromatic nitrogens is 2. The lowest BCUT2D eigenvalue weighted by Gasteiger charge is -2.33. The van der Waals surface area contributed by atoms with E-state index in [9.17, 15) is 5.11 Å². The van der Waals surface area contributed by atoms with Crippen molar-refractivity contribution in [3.05, 3.63) is 54.1 Å². The Labute approximate surface area is 142 Å². The Morgan fingerprint density at radius 3 is 2.96 bits per heavy atom. The van der Waals surface area contributed by atoms with E-state index in [0.29, 0.717) is 26.3 Å². The summed E-state index contributed by atoms with van der Waals surface area (Å²) in [5.74, 6) is 0.0363. The Hall–Kier alpha value is -1.73. The fourth-order valence-electron chi connectivity index (χ4n) is 3.03. The summed E-state index contributed by atoms with van der Waals surface area (Å²) in [7, 11) is 1.61. The zero-order valence-electron chi connectivity index (χ0n) is 14.0. The molecule has 1 aromatic heterocycles. The number of rotatable bonds is 7. The average molecular weight is 331 g/mol. The number of methoxy groups -OCH3 is 1. The number of aliphatic hydroxyl groups is 1. The van der Waals surface area contributed by atoms with E-state index in [-0.39, 0.29) is 12.0 Å². The topological polar surface area (TPSA) is 68.5 Å². The summed E-state index contributed by atoms with van der Waals surface area (Å²) in [5, 5.41) is 13.7. The van der Waals surface area contributed by atoms with Gasteiger partial charge in [-0.25, -0.2) is 4.98 Å². The fourth-order valence-corrected chi connectivity index (χ4v) is 3.03. The van der Waals surface area contributed by atoms with Gasteiger partial charge in [-0.1, -0.05) is 30.3 Å². The summed E-state index contributed by atoms with van der Waals surface area (Å²) >= 11 is 0. The summed E-state index contributed by atoms with van der Waals surface area (Å²) in [5.41, 5.74) is 2.36. The summed E-state index contributed by atoms with van der Waals surface area (Å²) < 4.78 is 12.9. The van der Waals surface area contributed by atoms with E-state index in [1.54, 1.807) is 7.11 Å². The molecule has 3 atom stereocenters. The first-order valence-electron chi connectivity index (χ1n) is 8.30. The van der Waals surface area contributed by atoms with Crippen LogP contribution in [0, 0.1) is 5.92 Å². The molecule has 1 fully saturated rings. The highest BCUT2D eigenvalue weighted by Crippen LogP contribution is 2.17. The number of benzene rings is 1. The molecule has 6 nitrogen and oxygen atoms in total. The van der Waals surface area contributed by atoms with Crippen molar-refractivity contribution >= 4 is 0 Å². The number of hydrogen-bond acceptors (Lipinski definition) is 5. The minimum atomic E-state index is -0.495. The predicted molar refractivity (Wildman–Crippen MR) is 90.6 cm³/mol. The van der Waals surface area contributed by atoms with Crippen molar-refractivity contribution in [1.82, 2.24) is 14.9 Å². The molecule has 3 rings (SSSR count). The molecule has 1 aromatic carbocycles. The van der Waals surface area contributed by atoms with Crippen LogP contribution in [0.5, 0.6) is 0 Å². The molecule has 0 amide bonds. The van der Waals surface area contributed by atoms with E-state index >= 15 is 0 Å². The number of imidazole rings is 1. The summed E-state index contributed by atoms with van der Waals surface area (Å²) in [4.78, 5) is 4.25. The number of aliphatic hydroxyl groups excluding tert-OH is 1. The average Bonchev–Trinajstić information content (AvgIpc) is 3.04. The Bertz CT molecular complexity index is 617. The van der Waals surface area contributed by atoms with Crippen LogP contribution in [-0.2, 0) is 22.6 Å². The molecule has 2 aromatic rings. The molecule has 1 aliphatic heterocycles. The molecule has 0 saturated carbocycles. The van der Waals surface area contributed by atoms with Crippen molar-refractivity contribution < 1.29 is 14.6 Å². The molecule has 0 aliphatic carbocycles. The molecule has 1 saturated heterocycles. The van der Waals surface area contributed by atoms with E-state index in [2.05, 4.69) is 27.0 Å². The van der Waals surface area contributed by atoms with Gasteiger partial charge in [0, 0.05) is 38.9 Å². The molecule has 2 heterocycles. The molecule has 0 unspecified atom stereocenters. The van der Waals surface area contributed by atoms with Crippen LogP contribution in [0.25, 0.3) is 0 Å². The maximum Gasteiger partial charge on any atom is 0.107 e. The Kier molecular flexibility index (Phi) is 5.98. The van der Waals surface area contributed by atoms with Crippen LogP contribution in [0.4, 0.5) is 0 Å². The van der Waals surface area contributed by atoms with Crippen LogP contribution >= 0.6 is 0 Å². The standard InChI is InChI=1S/C18H25N3O3/c1-23-17-12-24-11-15(18(17)22)7-19-8-16-9-20-13-21(16)10-14-5-3-2-4-6-14/h2-6,9,13,15,17-19,22H,7-8,10-12H2,1H3/t15-,17-,18+/m1/s1. The molecule has 0 radical (unpaired) electrons. The van der Waals surface area contributed by atoms with Gasteiger partial charge in [-0.2, -0.15) is 0 Å². The molecule has 1 aliphatic rings. The monoisotopic (exact) mass is 331 g/mol. The van der Waals surface area contributed by atoms with Crippen molar-refractivity contribution in [2.24, 2.45) is 5.92 Å². The van der Waals surface area contributed by atoms with Crippen molar-refractivity contribution in [1.29, 1.82) is 0 Å². The largest absolute Gasteiger partial charge is 0.390 e. The van der Waals surface area contributed by atoms with Gasteiger partial charge in [0.15, 0.2) is 0 Å².